The highest BCUT2D eigenvalue weighted by Gasteiger charge is 2.18. The van der Waals surface area contributed by atoms with E-state index < -0.39 is 0 Å². The number of carbonyl (C=O) groups excluding carboxylic acids is 1. The standard InChI is InChI=1S/C16H26N2O/c1-5-9-13(7-3)18-16-14(10-8-11-17-16)15(19)12(4)6-2/h8,10-13H,5-7,9H2,1-4H3,(H,17,18). The second-order valence-corrected chi connectivity index (χ2v) is 5.11. The van der Waals surface area contributed by atoms with E-state index in [0.29, 0.717) is 6.04 Å². The average molecular weight is 262 g/mol. The largest absolute Gasteiger partial charge is 0.367 e. The van der Waals surface area contributed by atoms with Gasteiger partial charge in [0.15, 0.2) is 5.78 Å². The van der Waals surface area contributed by atoms with Crippen LogP contribution in [0.2, 0.25) is 0 Å². The van der Waals surface area contributed by atoms with Gasteiger partial charge in [-0.25, -0.2) is 4.98 Å². The molecule has 2 unspecified atom stereocenters. The summed E-state index contributed by atoms with van der Waals surface area (Å²) in [4.78, 5) is 16.7. The molecular weight excluding hydrogens is 236 g/mol. The predicted molar refractivity (Wildman–Crippen MR) is 80.6 cm³/mol. The normalized spacial score (nSPS) is 13.9. The monoisotopic (exact) mass is 262 g/mol. The van der Waals surface area contributed by atoms with Gasteiger partial charge < -0.3 is 5.32 Å². The molecule has 0 saturated carbocycles. The van der Waals surface area contributed by atoms with Gasteiger partial charge in [-0.3, -0.25) is 4.79 Å². The number of nitrogens with zero attached hydrogens (tertiary/aromatic N) is 1. The third-order valence-electron chi connectivity index (χ3n) is 3.60. The molecule has 0 aliphatic carbocycles. The summed E-state index contributed by atoms with van der Waals surface area (Å²) in [7, 11) is 0. The van der Waals surface area contributed by atoms with Crippen LogP contribution in [0, 0.1) is 5.92 Å². The number of nitrogens with one attached hydrogen (secondary N) is 1. The number of carbonyl (C=O) groups is 1. The van der Waals surface area contributed by atoms with Crippen LogP contribution in [0.1, 0.15) is 63.7 Å². The van der Waals surface area contributed by atoms with Crippen molar-refractivity contribution in [2.75, 3.05) is 5.32 Å². The minimum atomic E-state index is 0.0519. The highest BCUT2D eigenvalue weighted by molar-refractivity contribution is 6.01. The van der Waals surface area contributed by atoms with Crippen LogP contribution in [0.15, 0.2) is 18.3 Å². The highest BCUT2D eigenvalue weighted by atomic mass is 16.1. The first-order valence-corrected chi connectivity index (χ1v) is 7.39. The fourth-order valence-electron chi connectivity index (χ4n) is 2.09. The molecule has 0 amide bonds. The van der Waals surface area contributed by atoms with Crippen molar-refractivity contribution in [2.45, 2.75) is 59.4 Å². The Morgan fingerprint density at radius 2 is 2.05 bits per heavy atom. The Morgan fingerprint density at radius 3 is 2.63 bits per heavy atom. The molecule has 1 N–H and O–H groups in total. The number of Topliss-reactive ketones (excluding diaryl/α,β-unsaturated/α-hetero) is 1. The second kappa shape index (κ2) is 7.93. The van der Waals surface area contributed by atoms with E-state index in [9.17, 15) is 4.79 Å². The molecular formula is C16H26N2O. The number of hydrogen-bond donors (Lipinski definition) is 1. The Bertz CT molecular complexity index is 403. The molecule has 3 heteroatoms. The summed E-state index contributed by atoms with van der Waals surface area (Å²) in [5, 5.41) is 3.43. The molecule has 0 fully saturated rings. The zero-order valence-corrected chi connectivity index (χ0v) is 12.6. The third-order valence-corrected chi connectivity index (χ3v) is 3.60. The molecule has 0 aliphatic heterocycles. The average Bonchev–Trinajstić information content (AvgIpc) is 2.45. The molecule has 1 rings (SSSR count). The Kier molecular flexibility index (Phi) is 6.54. The summed E-state index contributed by atoms with van der Waals surface area (Å²) in [6, 6.07) is 4.10. The van der Waals surface area contributed by atoms with Crippen LogP contribution in [0.5, 0.6) is 0 Å². The molecule has 0 bridgehead atoms. The Morgan fingerprint density at radius 1 is 1.32 bits per heavy atom. The lowest BCUT2D eigenvalue weighted by Gasteiger charge is -2.19. The zero-order valence-electron chi connectivity index (χ0n) is 12.6. The van der Waals surface area contributed by atoms with Crippen LogP contribution in [0.4, 0.5) is 5.82 Å². The highest BCUT2D eigenvalue weighted by Crippen LogP contribution is 2.20. The van der Waals surface area contributed by atoms with E-state index in [-0.39, 0.29) is 11.7 Å². The number of anilines is 1. The Hall–Kier alpha value is -1.38. The van der Waals surface area contributed by atoms with Gasteiger partial charge in [0, 0.05) is 18.2 Å². The maximum absolute atomic E-state index is 12.3. The molecule has 0 aliphatic rings. The van der Waals surface area contributed by atoms with Crippen LogP contribution in [0.25, 0.3) is 0 Å². The van der Waals surface area contributed by atoms with Crippen LogP contribution < -0.4 is 5.32 Å². The first-order valence-electron chi connectivity index (χ1n) is 7.39. The minimum Gasteiger partial charge on any atom is -0.367 e. The Labute approximate surface area is 116 Å². The predicted octanol–water partition coefficient (Wildman–Crippen LogP) is 4.30. The fourth-order valence-corrected chi connectivity index (χ4v) is 2.09. The first-order chi connectivity index (χ1) is 9.13. The SMILES string of the molecule is CCCC(CC)Nc1ncccc1C(=O)C(C)CC. The maximum Gasteiger partial charge on any atom is 0.169 e. The van der Waals surface area contributed by atoms with Gasteiger partial charge in [0.1, 0.15) is 5.82 Å². The number of aromatic nitrogens is 1. The van der Waals surface area contributed by atoms with Crippen molar-refractivity contribution in [3.05, 3.63) is 23.9 Å². The van der Waals surface area contributed by atoms with Crippen molar-refractivity contribution in [2.24, 2.45) is 5.92 Å². The summed E-state index contributed by atoms with van der Waals surface area (Å²) < 4.78 is 0. The van der Waals surface area contributed by atoms with Gasteiger partial charge in [0.05, 0.1) is 5.56 Å². The van der Waals surface area contributed by atoms with Gasteiger partial charge in [-0.2, -0.15) is 0 Å². The zero-order chi connectivity index (χ0) is 14.3. The molecule has 19 heavy (non-hydrogen) atoms. The van der Waals surface area contributed by atoms with E-state index in [2.05, 4.69) is 24.1 Å². The maximum atomic E-state index is 12.3. The molecule has 2 atom stereocenters. The minimum absolute atomic E-state index is 0.0519. The van der Waals surface area contributed by atoms with E-state index >= 15 is 0 Å². The van der Waals surface area contributed by atoms with Gasteiger partial charge in [0.2, 0.25) is 0 Å². The van der Waals surface area contributed by atoms with Crippen molar-refractivity contribution in [1.82, 2.24) is 4.98 Å². The van der Waals surface area contributed by atoms with E-state index in [1.807, 2.05) is 26.0 Å². The first kappa shape index (κ1) is 15.7. The topological polar surface area (TPSA) is 42.0 Å². The number of pyridine rings is 1. The van der Waals surface area contributed by atoms with E-state index in [0.717, 1.165) is 37.1 Å². The smallest absolute Gasteiger partial charge is 0.169 e. The van der Waals surface area contributed by atoms with Crippen LogP contribution in [-0.2, 0) is 0 Å². The summed E-state index contributed by atoms with van der Waals surface area (Å²) >= 11 is 0. The Balaban J connectivity index is 2.92. The van der Waals surface area contributed by atoms with Crippen LogP contribution in [0.3, 0.4) is 0 Å². The van der Waals surface area contributed by atoms with Crippen LogP contribution in [-0.4, -0.2) is 16.8 Å². The lowest BCUT2D eigenvalue weighted by molar-refractivity contribution is 0.0927. The molecule has 1 heterocycles. The van der Waals surface area contributed by atoms with Crippen molar-refractivity contribution in [1.29, 1.82) is 0 Å². The molecule has 0 aromatic carbocycles. The van der Waals surface area contributed by atoms with Gasteiger partial charge in [-0.1, -0.05) is 34.1 Å². The molecule has 106 valence electrons. The van der Waals surface area contributed by atoms with Gasteiger partial charge in [-0.05, 0) is 31.4 Å². The number of hydrogen-bond acceptors (Lipinski definition) is 3. The van der Waals surface area contributed by atoms with Gasteiger partial charge >= 0.3 is 0 Å². The van der Waals surface area contributed by atoms with Crippen LogP contribution >= 0.6 is 0 Å². The quantitative estimate of drug-likeness (QED) is 0.710. The van der Waals surface area contributed by atoms with Crippen molar-refractivity contribution < 1.29 is 4.79 Å². The summed E-state index contributed by atoms with van der Waals surface area (Å²) in [5.74, 6) is 0.980. The molecule has 0 spiro atoms. The van der Waals surface area contributed by atoms with Crippen molar-refractivity contribution in [3.8, 4) is 0 Å². The molecule has 3 nitrogen and oxygen atoms in total. The summed E-state index contributed by atoms with van der Waals surface area (Å²) in [6.45, 7) is 8.35. The van der Waals surface area contributed by atoms with Crippen molar-refractivity contribution in [3.63, 3.8) is 0 Å². The lowest BCUT2D eigenvalue weighted by atomic mass is 9.97. The van der Waals surface area contributed by atoms with Gasteiger partial charge in [-0.15, -0.1) is 0 Å². The lowest BCUT2D eigenvalue weighted by Crippen LogP contribution is -2.22. The number of rotatable bonds is 8. The van der Waals surface area contributed by atoms with E-state index in [1.54, 1.807) is 6.20 Å². The van der Waals surface area contributed by atoms with Crippen molar-refractivity contribution >= 4 is 11.6 Å². The van der Waals surface area contributed by atoms with E-state index in [4.69, 9.17) is 0 Å². The second-order valence-electron chi connectivity index (χ2n) is 5.11. The fraction of sp³-hybridized carbons (Fsp3) is 0.625. The summed E-state index contributed by atoms with van der Waals surface area (Å²) in [6.07, 6.45) is 5.88. The molecule has 0 saturated heterocycles. The molecule has 1 aromatic heterocycles. The third kappa shape index (κ3) is 4.34. The molecule has 0 radical (unpaired) electrons. The van der Waals surface area contributed by atoms with E-state index in [1.165, 1.54) is 0 Å². The number of ketones is 1. The van der Waals surface area contributed by atoms with Gasteiger partial charge in [0.25, 0.3) is 0 Å². The summed E-state index contributed by atoms with van der Waals surface area (Å²) in [5.41, 5.74) is 0.728. The molecule has 1 aromatic rings.